The molecular formula is C20H23NO. The first-order chi connectivity index (χ1) is 10.5. The maximum absolute atomic E-state index is 5.27. The number of nitrogens with one attached hydrogen (secondary N) is 1. The molecule has 3 aromatic rings. The molecule has 22 heavy (non-hydrogen) atoms. The Kier molecular flexibility index (Phi) is 3.69. The molecule has 0 aliphatic carbocycles. The van der Waals surface area contributed by atoms with Crippen LogP contribution in [0.15, 0.2) is 48.5 Å². The molecule has 0 atom stereocenters. The van der Waals surface area contributed by atoms with Gasteiger partial charge >= 0.3 is 0 Å². The SMILES string of the molecule is COc1ccc2cc(Cc3ccc(C(C)(C)C)cc3)[nH]c2c1. The highest BCUT2D eigenvalue weighted by Crippen LogP contribution is 2.25. The second-order valence-corrected chi connectivity index (χ2v) is 6.87. The fourth-order valence-corrected chi connectivity index (χ4v) is 2.73. The molecule has 1 heterocycles. The van der Waals surface area contributed by atoms with E-state index in [2.05, 4.69) is 62.2 Å². The molecule has 0 radical (unpaired) electrons. The van der Waals surface area contributed by atoms with Gasteiger partial charge in [-0.25, -0.2) is 0 Å². The normalized spacial score (nSPS) is 11.8. The van der Waals surface area contributed by atoms with E-state index in [1.54, 1.807) is 7.11 Å². The van der Waals surface area contributed by atoms with Crippen LogP contribution >= 0.6 is 0 Å². The van der Waals surface area contributed by atoms with Gasteiger partial charge in [0.25, 0.3) is 0 Å². The molecule has 1 aromatic heterocycles. The molecule has 2 heteroatoms. The lowest BCUT2D eigenvalue weighted by Crippen LogP contribution is -2.10. The Bertz CT molecular complexity index is 776. The molecule has 0 bridgehead atoms. The Morgan fingerprint density at radius 3 is 2.32 bits per heavy atom. The minimum atomic E-state index is 0.205. The summed E-state index contributed by atoms with van der Waals surface area (Å²) in [7, 11) is 1.70. The van der Waals surface area contributed by atoms with E-state index in [-0.39, 0.29) is 5.41 Å². The van der Waals surface area contributed by atoms with Crippen LogP contribution in [0.1, 0.15) is 37.6 Å². The number of benzene rings is 2. The molecule has 2 aromatic carbocycles. The van der Waals surface area contributed by atoms with Crippen molar-refractivity contribution in [1.29, 1.82) is 0 Å². The van der Waals surface area contributed by atoms with Gasteiger partial charge < -0.3 is 9.72 Å². The zero-order valence-electron chi connectivity index (χ0n) is 13.7. The Balaban J connectivity index is 1.83. The third-order valence-electron chi connectivity index (χ3n) is 4.10. The third kappa shape index (κ3) is 3.01. The third-order valence-corrected chi connectivity index (χ3v) is 4.10. The van der Waals surface area contributed by atoms with Crippen molar-refractivity contribution < 1.29 is 4.74 Å². The van der Waals surface area contributed by atoms with Crippen LogP contribution in [-0.2, 0) is 11.8 Å². The van der Waals surface area contributed by atoms with Gasteiger partial charge in [-0.1, -0.05) is 45.0 Å². The highest BCUT2D eigenvalue weighted by atomic mass is 16.5. The maximum atomic E-state index is 5.27. The van der Waals surface area contributed by atoms with Crippen LogP contribution in [0.4, 0.5) is 0 Å². The molecular weight excluding hydrogens is 270 g/mol. The lowest BCUT2D eigenvalue weighted by Gasteiger charge is -2.19. The first-order valence-electron chi connectivity index (χ1n) is 7.71. The first kappa shape index (κ1) is 14.7. The number of H-pyrrole nitrogens is 1. The van der Waals surface area contributed by atoms with E-state index in [4.69, 9.17) is 4.74 Å². The molecule has 0 spiro atoms. The summed E-state index contributed by atoms with van der Waals surface area (Å²) in [6, 6.07) is 17.3. The van der Waals surface area contributed by atoms with E-state index in [0.717, 1.165) is 17.7 Å². The fraction of sp³-hybridized carbons (Fsp3) is 0.300. The summed E-state index contributed by atoms with van der Waals surface area (Å²) >= 11 is 0. The van der Waals surface area contributed by atoms with Crippen molar-refractivity contribution in [3.63, 3.8) is 0 Å². The molecule has 114 valence electrons. The number of aromatic amines is 1. The summed E-state index contributed by atoms with van der Waals surface area (Å²) in [6.07, 6.45) is 0.918. The van der Waals surface area contributed by atoms with Crippen molar-refractivity contribution >= 4 is 10.9 Å². The van der Waals surface area contributed by atoms with Crippen LogP contribution in [0.5, 0.6) is 5.75 Å². The lowest BCUT2D eigenvalue weighted by molar-refractivity contribution is 0.415. The van der Waals surface area contributed by atoms with E-state index >= 15 is 0 Å². The number of aromatic nitrogens is 1. The highest BCUT2D eigenvalue weighted by Gasteiger charge is 2.13. The van der Waals surface area contributed by atoms with Gasteiger partial charge in [-0.2, -0.15) is 0 Å². The van der Waals surface area contributed by atoms with Crippen LogP contribution in [0.25, 0.3) is 10.9 Å². The van der Waals surface area contributed by atoms with Crippen molar-refractivity contribution in [3.8, 4) is 5.75 Å². The summed E-state index contributed by atoms with van der Waals surface area (Å²) in [6.45, 7) is 6.73. The van der Waals surface area contributed by atoms with Crippen molar-refractivity contribution in [2.24, 2.45) is 0 Å². The van der Waals surface area contributed by atoms with Gasteiger partial charge in [0, 0.05) is 23.7 Å². The van der Waals surface area contributed by atoms with Crippen molar-refractivity contribution in [1.82, 2.24) is 4.98 Å². The maximum Gasteiger partial charge on any atom is 0.120 e. The largest absolute Gasteiger partial charge is 0.497 e. The predicted molar refractivity (Wildman–Crippen MR) is 92.8 cm³/mol. The van der Waals surface area contributed by atoms with Gasteiger partial charge in [0.05, 0.1) is 7.11 Å². The van der Waals surface area contributed by atoms with Gasteiger partial charge in [-0.05, 0) is 40.1 Å². The molecule has 3 rings (SSSR count). The minimum absolute atomic E-state index is 0.205. The zero-order valence-corrected chi connectivity index (χ0v) is 13.7. The average molecular weight is 293 g/mol. The van der Waals surface area contributed by atoms with E-state index in [1.165, 1.54) is 22.2 Å². The summed E-state index contributed by atoms with van der Waals surface area (Å²) in [4.78, 5) is 3.48. The lowest BCUT2D eigenvalue weighted by atomic mass is 9.86. The zero-order chi connectivity index (χ0) is 15.7. The Morgan fingerprint density at radius 2 is 1.68 bits per heavy atom. The van der Waals surface area contributed by atoms with Crippen LogP contribution in [0, 0.1) is 0 Å². The minimum Gasteiger partial charge on any atom is -0.497 e. The number of fused-ring (bicyclic) bond motifs is 1. The number of hydrogen-bond donors (Lipinski definition) is 1. The quantitative estimate of drug-likeness (QED) is 0.717. The number of rotatable bonds is 3. The Morgan fingerprint density at radius 1 is 0.955 bits per heavy atom. The summed E-state index contributed by atoms with van der Waals surface area (Å²) in [5, 5.41) is 1.22. The number of hydrogen-bond acceptors (Lipinski definition) is 1. The van der Waals surface area contributed by atoms with Crippen LogP contribution in [0.3, 0.4) is 0 Å². The molecule has 0 saturated carbocycles. The van der Waals surface area contributed by atoms with E-state index < -0.39 is 0 Å². The predicted octanol–water partition coefficient (Wildman–Crippen LogP) is 5.06. The van der Waals surface area contributed by atoms with E-state index in [0.29, 0.717) is 0 Å². The van der Waals surface area contributed by atoms with Gasteiger partial charge in [0.2, 0.25) is 0 Å². The Labute approximate surface area is 132 Å². The number of methoxy groups -OCH3 is 1. The molecule has 2 nitrogen and oxygen atoms in total. The number of ether oxygens (including phenoxy) is 1. The van der Waals surface area contributed by atoms with E-state index in [9.17, 15) is 0 Å². The van der Waals surface area contributed by atoms with Gasteiger partial charge in [0.15, 0.2) is 0 Å². The fourth-order valence-electron chi connectivity index (χ4n) is 2.73. The molecule has 0 saturated heterocycles. The summed E-state index contributed by atoms with van der Waals surface area (Å²) in [5.74, 6) is 0.885. The standard InChI is InChI=1S/C20H23NO/c1-20(2,3)16-8-5-14(6-9-16)11-17-12-15-7-10-18(22-4)13-19(15)21-17/h5-10,12-13,21H,11H2,1-4H3. The van der Waals surface area contributed by atoms with Crippen LogP contribution in [-0.4, -0.2) is 12.1 Å². The Hall–Kier alpha value is -2.22. The molecule has 0 unspecified atom stereocenters. The molecule has 1 N–H and O–H groups in total. The second-order valence-electron chi connectivity index (χ2n) is 6.87. The summed E-state index contributed by atoms with van der Waals surface area (Å²) in [5.41, 5.74) is 5.26. The molecule has 0 fully saturated rings. The van der Waals surface area contributed by atoms with Crippen LogP contribution in [0.2, 0.25) is 0 Å². The van der Waals surface area contributed by atoms with Crippen molar-refractivity contribution in [3.05, 3.63) is 65.4 Å². The monoisotopic (exact) mass is 293 g/mol. The smallest absolute Gasteiger partial charge is 0.120 e. The highest BCUT2D eigenvalue weighted by molar-refractivity contribution is 5.81. The van der Waals surface area contributed by atoms with Crippen LogP contribution < -0.4 is 4.74 Å². The van der Waals surface area contributed by atoms with Gasteiger partial charge in [-0.3, -0.25) is 0 Å². The van der Waals surface area contributed by atoms with Crippen molar-refractivity contribution in [2.75, 3.05) is 7.11 Å². The molecule has 0 aliphatic heterocycles. The topological polar surface area (TPSA) is 25.0 Å². The van der Waals surface area contributed by atoms with Gasteiger partial charge in [-0.15, -0.1) is 0 Å². The van der Waals surface area contributed by atoms with Crippen molar-refractivity contribution in [2.45, 2.75) is 32.6 Å². The second kappa shape index (κ2) is 5.53. The average Bonchev–Trinajstić information content (AvgIpc) is 2.88. The first-order valence-corrected chi connectivity index (χ1v) is 7.71. The van der Waals surface area contributed by atoms with Gasteiger partial charge in [0.1, 0.15) is 5.75 Å². The summed E-state index contributed by atoms with van der Waals surface area (Å²) < 4.78 is 5.27. The molecule has 0 amide bonds. The molecule has 0 aliphatic rings. The van der Waals surface area contributed by atoms with E-state index in [1.807, 2.05) is 12.1 Å².